The smallest absolute Gasteiger partial charge is 0.123 e. The van der Waals surface area contributed by atoms with Crippen molar-refractivity contribution >= 4 is 12.2 Å². The second-order valence-corrected chi connectivity index (χ2v) is 3.48. The predicted molar refractivity (Wildman–Crippen MR) is 63.4 cm³/mol. The molecule has 0 aliphatic carbocycles. The van der Waals surface area contributed by atoms with Crippen LogP contribution in [0.2, 0.25) is 0 Å². The largest absolute Gasteiger partial charge is 0.508 e. The van der Waals surface area contributed by atoms with Gasteiger partial charge in [0.05, 0.1) is 0 Å². The van der Waals surface area contributed by atoms with Gasteiger partial charge < -0.3 is 5.11 Å². The molecule has 80 valence electrons. The van der Waals surface area contributed by atoms with Gasteiger partial charge in [0.25, 0.3) is 0 Å². The van der Waals surface area contributed by atoms with E-state index >= 15 is 0 Å². The molecular weight excluding hydrogens is 203 g/mol. The summed E-state index contributed by atoms with van der Waals surface area (Å²) in [6.45, 7) is 0. The van der Waals surface area contributed by atoms with Crippen LogP contribution in [0.25, 0.3) is 12.2 Å². The van der Waals surface area contributed by atoms with Gasteiger partial charge in [-0.25, -0.2) is 4.39 Å². The van der Waals surface area contributed by atoms with E-state index in [1.807, 2.05) is 24.3 Å². The van der Waals surface area contributed by atoms with Crippen molar-refractivity contribution in [2.75, 3.05) is 0 Å². The van der Waals surface area contributed by atoms with Crippen molar-refractivity contribution in [1.82, 2.24) is 0 Å². The Bertz CT molecular complexity index is 436. The number of phenols is 1. The van der Waals surface area contributed by atoms with E-state index in [4.69, 9.17) is 5.11 Å². The highest BCUT2D eigenvalue weighted by molar-refractivity contribution is 5.69. The highest BCUT2D eigenvalue weighted by atomic mass is 19.1. The van der Waals surface area contributed by atoms with Crippen molar-refractivity contribution < 1.29 is 9.50 Å². The highest BCUT2D eigenvalue weighted by Crippen LogP contribution is 2.13. The van der Waals surface area contributed by atoms with Crippen molar-refractivity contribution in [2.24, 2.45) is 0 Å². The molecule has 0 bridgehead atoms. The normalized spacial score (nSPS) is 10.8. The van der Waals surface area contributed by atoms with Crippen LogP contribution in [-0.4, -0.2) is 5.11 Å². The molecule has 0 saturated heterocycles. The molecule has 1 nitrogen and oxygen atoms in total. The topological polar surface area (TPSA) is 20.2 Å². The molecule has 0 aliphatic heterocycles. The molecule has 0 heterocycles. The zero-order valence-electron chi connectivity index (χ0n) is 8.60. The Hall–Kier alpha value is -2.09. The van der Waals surface area contributed by atoms with Crippen LogP contribution in [0.1, 0.15) is 11.1 Å². The maximum atomic E-state index is 12.6. The summed E-state index contributed by atoms with van der Waals surface area (Å²) in [5.74, 6) is 0.0146. The lowest BCUT2D eigenvalue weighted by Gasteiger charge is -1.95. The quantitative estimate of drug-likeness (QED) is 0.756. The van der Waals surface area contributed by atoms with E-state index < -0.39 is 0 Å². The maximum absolute atomic E-state index is 12.6. The Kier molecular flexibility index (Phi) is 3.01. The van der Waals surface area contributed by atoms with Crippen molar-refractivity contribution in [3.8, 4) is 5.75 Å². The van der Waals surface area contributed by atoms with Gasteiger partial charge in [-0.2, -0.15) is 0 Å². The molecule has 0 aromatic heterocycles. The van der Waals surface area contributed by atoms with Gasteiger partial charge in [-0.3, -0.25) is 0 Å². The zero-order valence-corrected chi connectivity index (χ0v) is 8.60. The lowest BCUT2D eigenvalue weighted by atomic mass is 10.1. The Balaban J connectivity index is 2.15. The third-order valence-electron chi connectivity index (χ3n) is 2.23. The number of rotatable bonds is 2. The second-order valence-electron chi connectivity index (χ2n) is 3.48. The lowest BCUT2D eigenvalue weighted by Crippen LogP contribution is -1.75. The van der Waals surface area contributed by atoms with Gasteiger partial charge in [0, 0.05) is 0 Å². The minimum atomic E-state index is -0.234. The van der Waals surface area contributed by atoms with E-state index in [-0.39, 0.29) is 11.6 Å². The first-order valence-corrected chi connectivity index (χ1v) is 4.97. The van der Waals surface area contributed by atoms with Crippen LogP contribution in [0.5, 0.6) is 5.75 Å². The number of aromatic hydroxyl groups is 1. The summed E-state index contributed by atoms with van der Waals surface area (Å²) in [5.41, 5.74) is 1.93. The first-order chi connectivity index (χ1) is 7.74. The molecule has 0 unspecified atom stereocenters. The minimum absolute atomic E-state index is 0.234. The molecule has 0 amide bonds. The van der Waals surface area contributed by atoms with Gasteiger partial charge in [-0.05, 0) is 35.4 Å². The van der Waals surface area contributed by atoms with Gasteiger partial charge in [-0.1, -0.05) is 36.4 Å². The van der Waals surface area contributed by atoms with Crippen LogP contribution in [-0.2, 0) is 0 Å². The second kappa shape index (κ2) is 4.62. The molecule has 0 aliphatic rings. The molecule has 2 aromatic carbocycles. The summed E-state index contributed by atoms with van der Waals surface area (Å²) in [6.07, 6.45) is 3.80. The third kappa shape index (κ3) is 2.70. The van der Waals surface area contributed by atoms with Crippen LogP contribution in [0.4, 0.5) is 4.39 Å². The molecule has 0 atom stereocenters. The summed E-state index contributed by atoms with van der Waals surface area (Å²) in [5, 5.41) is 9.11. The van der Waals surface area contributed by atoms with Crippen LogP contribution in [0.3, 0.4) is 0 Å². The van der Waals surface area contributed by atoms with E-state index in [0.29, 0.717) is 0 Å². The van der Waals surface area contributed by atoms with Gasteiger partial charge >= 0.3 is 0 Å². The number of hydrogen-bond acceptors (Lipinski definition) is 1. The minimum Gasteiger partial charge on any atom is -0.508 e. The lowest BCUT2D eigenvalue weighted by molar-refractivity contribution is 0.475. The maximum Gasteiger partial charge on any atom is 0.123 e. The molecule has 0 radical (unpaired) electrons. The van der Waals surface area contributed by atoms with Crippen molar-refractivity contribution in [3.63, 3.8) is 0 Å². The average molecular weight is 214 g/mol. The summed E-state index contributed by atoms with van der Waals surface area (Å²) in [7, 11) is 0. The number of phenolic OH excluding ortho intramolecular Hbond substituents is 1. The first-order valence-electron chi connectivity index (χ1n) is 4.97. The van der Waals surface area contributed by atoms with E-state index in [1.54, 1.807) is 24.3 Å². The number of halogens is 1. The van der Waals surface area contributed by atoms with Gasteiger partial charge in [0.15, 0.2) is 0 Å². The average Bonchev–Trinajstić information content (AvgIpc) is 2.30. The number of hydrogen-bond donors (Lipinski definition) is 1. The third-order valence-corrected chi connectivity index (χ3v) is 2.23. The standard InChI is InChI=1S/C14H11FO/c15-13-7-3-11(4-8-13)1-2-12-5-9-14(16)10-6-12/h1-10,16H/b2-1+. The van der Waals surface area contributed by atoms with E-state index in [2.05, 4.69) is 0 Å². The monoisotopic (exact) mass is 214 g/mol. The zero-order chi connectivity index (χ0) is 11.4. The molecule has 2 rings (SSSR count). The summed E-state index contributed by atoms with van der Waals surface area (Å²) < 4.78 is 12.6. The fourth-order valence-corrected chi connectivity index (χ4v) is 1.35. The summed E-state index contributed by atoms with van der Waals surface area (Å²) in [6, 6.07) is 13.2. The molecule has 0 fully saturated rings. The Labute approximate surface area is 93.5 Å². The highest BCUT2D eigenvalue weighted by Gasteiger charge is 1.90. The van der Waals surface area contributed by atoms with Gasteiger partial charge in [0.1, 0.15) is 11.6 Å². The molecule has 0 spiro atoms. The molecular formula is C14H11FO. The predicted octanol–water partition coefficient (Wildman–Crippen LogP) is 3.70. The van der Waals surface area contributed by atoms with Crippen LogP contribution in [0, 0.1) is 5.82 Å². The summed E-state index contributed by atoms with van der Waals surface area (Å²) >= 11 is 0. The van der Waals surface area contributed by atoms with Crippen molar-refractivity contribution in [2.45, 2.75) is 0 Å². The molecule has 2 heteroatoms. The Morgan fingerprint density at radius 3 is 1.69 bits per heavy atom. The van der Waals surface area contributed by atoms with Gasteiger partial charge in [-0.15, -0.1) is 0 Å². The van der Waals surface area contributed by atoms with Crippen LogP contribution < -0.4 is 0 Å². The van der Waals surface area contributed by atoms with Crippen LogP contribution in [0.15, 0.2) is 48.5 Å². The summed E-state index contributed by atoms with van der Waals surface area (Å²) in [4.78, 5) is 0. The molecule has 2 aromatic rings. The Morgan fingerprint density at radius 1 is 0.750 bits per heavy atom. The fourth-order valence-electron chi connectivity index (χ4n) is 1.35. The SMILES string of the molecule is Oc1ccc(/C=C/c2ccc(F)cc2)cc1. The van der Waals surface area contributed by atoms with E-state index in [9.17, 15) is 4.39 Å². The van der Waals surface area contributed by atoms with Gasteiger partial charge in [0.2, 0.25) is 0 Å². The molecule has 1 N–H and O–H groups in total. The number of benzene rings is 2. The van der Waals surface area contributed by atoms with Crippen molar-refractivity contribution in [1.29, 1.82) is 0 Å². The fraction of sp³-hybridized carbons (Fsp3) is 0. The van der Waals surface area contributed by atoms with Crippen molar-refractivity contribution in [3.05, 3.63) is 65.5 Å². The van der Waals surface area contributed by atoms with Crippen LogP contribution >= 0.6 is 0 Å². The molecule has 0 saturated carbocycles. The van der Waals surface area contributed by atoms with E-state index in [0.717, 1.165) is 11.1 Å². The van der Waals surface area contributed by atoms with E-state index in [1.165, 1.54) is 12.1 Å². The Morgan fingerprint density at radius 2 is 1.19 bits per heavy atom. The first kappa shape index (κ1) is 10.4. The molecule has 16 heavy (non-hydrogen) atoms.